The molecule has 0 aliphatic carbocycles. The van der Waals surface area contributed by atoms with Gasteiger partial charge < -0.3 is 19.0 Å². The molecule has 4 nitrogen and oxygen atoms in total. The van der Waals surface area contributed by atoms with Crippen molar-refractivity contribution < 1.29 is 19.0 Å². The first-order valence-electron chi connectivity index (χ1n) is 7.61. The smallest absolute Gasteiger partial charge is 0.192 e. The highest BCUT2D eigenvalue weighted by molar-refractivity contribution is 6.74. The van der Waals surface area contributed by atoms with Crippen molar-refractivity contribution in [2.24, 2.45) is 0 Å². The zero-order chi connectivity index (χ0) is 16.7. The Balaban J connectivity index is 4.74. The summed E-state index contributed by atoms with van der Waals surface area (Å²) in [6.45, 7) is 15.7. The van der Waals surface area contributed by atoms with E-state index < -0.39 is 8.32 Å². The molecule has 1 N–H and O–H groups in total. The molecule has 0 aliphatic heterocycles. The lowest BCUT2D eigenvalue weighted by Crippen LogP contribution is -2.41. The van der Waals surface area contributed by atoms with Crippen LogP contribution >= 0.6 is 0 Å². The quantitative estimate of drug-likeness (QED) is 0.400. The Bertz CT molecular complexity index is 319. The van der Waals surface area contributed by atoms with Crippen molar-refractivity contribution in [3.05, 3.63) is 11.6 Å². The molecule has 0 saturated heterocycles. The van der Waals surface area contributed by atoms with Crippen LogP contribution in [0.3, 0.4) is 0 Å². The van der Waals surface area contributed by atoms with E-state index in [1.165, 1.54) is 0 Å². The second-order valence-corrected chi connectivity index (χ2v) is 12.0. The number of aliphatic hydroxyl groups is 1. The molecule has 0 aliphatic rings. The first kappa shape index (κ1) is 20.8. The number of ether oxygens (including phenoxy) is 2. The van der Waals surface area contributed by atoms with Gasteiger partial charge in [-0.1, -0.05) is 26.8 Å². The van der Waals surface area contributed by atoms with Gasteiger partial charge in [0.2, 0.25) is 0 Å². The molecule has 0 spiro atoms. The first-order chi connectivity index (χ1) is 9.49. The molecule has 0 aromatic rings. The second kappa shape index (κ2) is 9.05. The molecule has 0 radical (unpaired) electrons. The normalized spacial score (nSPS) is 16.9. The molecule has 126 valence electrons. The van der Waals surface area contributed by atoms with Gasteiger partial charge in [-0.2, -0.15) is 0 Å². The van der Waals surface area contributed by atoms with Crippen molar-refractivity contribution in [2.75, 3.05) is 20.5 Å². The van der Waals surface area contributed by atoms with E-state index in [1.54, 1.807) is 14.0 Å². The predicted molar refractivity (Wildman–Crippen MR) is 90.0 cm³/mol. The maximum atomic E-state index is 9.65. The largest absolute Gasteiger partial charge is 0.413 e. The highest BCUT2D eigenvalue weighted by Gasteiger charge is 2.37. The number of hydrogen-bond acceptors (Lipinski definition) is 4. The fraction of sp³-hybridized carbons (Fsp3) is 0.875. The van der Waals surface area contributed by atoms with Crippen LogP contribution in [0.2, 0.25) is 18.1 Å². The van der Waals surface area contributed by atoms with Gasteiger partial charge in [0.25, 0.3) is 0 Å². The molecule has 21 heavy (non-hydrogen) atoms. The maximum absolute atomic E-state index is 9.65. The fourth-order valence-electron chi connectivity index (χ4n) is 1.60. The Morgan fingerprint density at radius 1 is 1.24 bits per heavy atom. The molecule has 0 aromatic heterocycles. The van der Waals surface area contributed by atoms with Gasteiger partial charge in [-0.25, -0.2) is 0 Å². The minimum atomic E-state index is -1.78. The van der Waals surface area contributed by atoms with E-state index in [-0.39, 0.29) is 24.0 Å². The first-order valence-corrected chi connectivity index (χ1v) is 10.5. The molecule has 0 saturated carbocycles. The van der Waals surface area contributed by atoms with Gasteiger partial charge in [-0.15, -0.1) is 0 Å². The molecule has 0 amide bonds. The monoisotopic (exact) mass is 318 g/mol. The fourth-order valence-corrected chi connectivity index (χ4v) is 2.58. The summed E-state index contributed by atoms with van der Waals surface area (Å²) < 4.78 is 16.6. The van der Waals surface area contributed by atoms with Crippen LogP contribution in [0, 0.1) is 0 Å². The van der Waals surface area contributed by atoms with Crippen LogP contribution in [0.1, 0.15) is 41.0 Å². The lowest BCUT2D eigenvalue weighted by atomic mass is 10.1. The molecule has 0 fully saturated rings. The summed E-state index contributed by atoms with van der Waals surface area (Å²) in [5.41, 5.74) is 1.08. The van der Waals surface area contributed by atoms with Gasteiger partial charge in [0, 0.05) is 7.11 Å². The van der Waals surface area contributed by atoms with Crippen LogP contribution in [-0.2, 0) is 13.9 Å². The molecule has 0 bridgehead atoms. The van der Waals surface area contributed by atoms with Gasteiger partial charge in [0.15, 0.2) is 8.32 Å². The minimum Gasteiger partial charge on any atom is -0.413 e. The average Bonchev–Trinajstić information content (AvgIpc) is 2.31. The van der Waals surface area contributed by atoms with Gasteiger partial charge >= 0.3 is 0 Å². The van der Waals surface area contributed by atoms with E-state index >= 15 is 0 Å². The lowest BCUT2D eigenvalue weighted by molar-refractivity contribution is -0.0499. The minimum absolute atomic E-state index is 0.0540. The Kier molecular flexibility index (Phi) is 8.97. The molecular weight excluding hydrogens is 284 g/mol. The van der Waals surface area contributed by atoms with Crippen molar-refractivity contribution in [1.29, 1.82) is 0 Å². The van der Waals surface area contributed by atoms with E-state index in [0.717, 1.165) is 5.57 Å². The maximum Gasteiger partial charge on any atom is 0.192 e. The van der Waals surface area contributed by atoms with Crippen LogP contribution < -0.4 is 0 Å². The molecule has 0 rings (SSSR count). The van der Waals surface area contributed by atoms with Crippen LogP contribution in [0.4, 0.5) is 0 Å². The van der Waals surface area contributed by atoms with Gasteiger partial charge in [-0.3, -0.25) is 0 Å². The van der Waals surface area contributed by atoms with E-state index in [2.05, 4.69) is 33.9 Å². The summed E-state index contributed by atoms with van der Waals surface area (Å²) in [6, 6.07) is 0. The zero-order valence-corrected chi connectivity index (χ0v) is 16.0. The summed E-state index contributed by atoms with van der Waals surface area (Å²) in [4.78, 5) is 0. The molecular formula is C16H34O4Si. The van der Waals surface area contributed by atoms with E-state index in [0.29, 0.717) is 13.0 Å². The van der Waals surface area contributed by atoms with Crippen molar-refractivity contribution in [3.63, 3.8) is 0 Å². The van der Waals surface area contributed by atoms with E-state index in [1.807, 2.05) is 13.0 Å². The molecule has 0 unspecified atom stereocenters. The molecule has 2 atom stereocenters. The third kappa shape index (κ3) is 8.73. The standard InChI is InChI=1S/C16H34O4Si/c1-13(17)9-15(10-14(2)19-12-18-6)11-20-21(7,8)16(3,4)5/h10,13-14,17H,9,11-12H2,1-8H3/b15-10+/t13-,14+/m0/s1. The Hall–Kier alpha value is -0.203. The molecule has 0 aromatic carbocycles. The third-order valence-corrected chi connectivity index (χ3v) is 8.38. The number of hydrogen-bond donors (Lipinski definition) is 1. The van der Waals surface area contributed by atoms with Crippen molar-refractivity contribution in [3.8, 4) is 0 Å². The predicted octanol–water partition coefficient (Wildman–Crippen LogP) is 3.71. The second-order valence-electron chi connectivity index (χ2n) is 7.21. The van der Waals surface area contributed by atoms with Crippen LogP contribution in [0.5, 0.6) is 0 Å². The van der Waals surface area contributed by atoms with Crippen LogP contribution in [0.15, 0.2) is 11.6 Å². The summed E-state index contributed by atoms with van der Waals surface area (Å²) in [7, 11) is -0.178. The van der Waals surface area contributed by atoms with Crippen molar-refractivity contribution in [2.45, 2.75) is 71.4 Å². The van der Waals surface area contributed by atoms with Crippen molar-refractivity contribution >= 4 is 8.32 Å². The van der Waals surface area contributed by atoms with E-state index in [9.17, 15) is 5.11 Å². The van der Waals surface area contributed by atoms with Gasteiger partial charge in [0.05, 0.1) is 18.8 Å². The highest BCUT2D eigenvalue weighted by atomic mass is 28.4. The molecule has 0 heterocycles. The van der Waals surface area contributed by atoms with Crippen molar-refractivity contribution in [1.82, 2.24) is 0 Å². The topological polar surface area (TPSA) is 47.9 Å². The van der Waals surface area contributed by atoms with Crippen LogP contribution in [-0.4, -0.2) is 46.1 Å². The molecule has 5 heteroatoms. The Morgan fingerprint density at radius 3 is 2.24 bits per heavy atom. The van der Waals surface area contributed by atoms with E-state index in [4.69, 9.17) is 13.9 Å². The summed E-state index contributed by atoms with van der Waals surface area (Å²) >= 11 is 0. The van der Waals surface area contributed by atoms with Gasteiger partial charge in [-0.05, 0) is 44.0 Å². The SMILES string of the molecule is COCO[C@H](C)/C=C(/CO[Si](C)(C)C(C)(C)C)C[C@H](C)O. The number of aliphatic hydroxyl groups excluding tert-OH is 1. The van der Waals surface area contributed by atoms with Gasteiger partial charge in [0.1, 0.15) is 6.79 Å². The van der Waals surface area contributed by atoms with Crippen LogP contribution in [0.25, 0.3) is 0 Å². The summed E-state index contributed by atoms with van der Waals surface area (Å²) in [6.07, 6.45) is 2.20. The highest BCUT2D eigenvalue weighted by Crippen LogP contribution is 2.36. The summed E-state index contributed by atoms with van der Waals surface area (Å²) in [5, 5.41) is 9.83. The number of methoxy groups -OCH3 is 1. The zero-order valence-electron chi connectivity index (χ0n) is 15.0. The lowest BCUT2D eigenvalue weighted by Gasteiger charge is -2.36. The third-order valence-electron chi connectivity index (χ3n) is 3.90. The Labute approximate surface area is 131 Å². The summed E-state index contributed by atoms with van der Waals surface area (Å²) in [5.74, 6) is 0. The Morgan fingerprint density at radius 2 is 1.81 bits per heavy atom. The average molecular weight is 319 g/mol. The number of rotatable bonds is 9.